The number of carbonyl (C=O) groups is 1. The monoisotopic (exact) mass is 496 g/mol. The van der Waals surface area contributed by atoms with Crippen LogP contribution in [0.3, 0.4) is 0 Å². The number of amides is 1. The predicted molar refractivity (Wildman–Crippen MR) is 130 cm³/mol. The van der Waals surface area contributed by atoms with Crippen molar-refractivity contribution in [3.8, 4) is 28.5 Å². The first kappa shape index (κ1) is 24.2. The molecule has 0 aliphatic rings. The Bertz CT molecular complexity index is 1300. The summed E-state index contributed by atoms with van der Waals surface area (Å²) in [6.07, 6.45) is 0. The Kier molecular flexibility index (Phi) is 7.89. The van der Waals surface area contributed by atoms with Crippen molar-refractivity contribution in [2.75, 3.05) is 25.1 Å². The fourth-order valence-corrected chi connectivity index (χ4v) is 3.89. The van der Waals surface area contributed by atoms with E-state index in [1.54, 1.807) is 23.6 Å². The molecular formula is C26H22F2N2O4S. The number of halogens is 2. The van der Waals surface area contributed by atoms with Crippen molar-refractivity contribution in [3.63, 3.8) is 0 Å². The lowest BCUT2D eigenvalue weighted by atomic mass is 10.1. The predicted octanol–water partition coefficient (Wildman–Crippen LogP) is 6.20. The van der Waals surface area contributed by atoms with Gasteiger partial charge in [0, 0.05) is 16.5 Å². The number of nitrogens with one attached hydrogen (secondary N) is 1. The molecule has 0 fully saturated rings. The number of nitrogens with zero attached hydrogens (tertiary/aromatic N) is 1. The highest BCUT2D eigenvalue weighted by atomic mass is 32.1. The number of carbonyl (C=O) groups excluding carboxylic acids is 1. The number of thiazole rings is 1. The zero-order chi connectivity index (χ0) is 24.6. The normalized spacial score (nSPS) is 10.6. The largest absolute Gasteiger partial charge is 0.490 e. The Morgan fingerprint density at radius 3 is 2.54 bits per heavy atom. The smallest absolute Gasteiger partial charge is 0.257 e. The van der Waals surface area contributed by atoms with Gasteiger partial charge in [-0.05, 0) is 55.5 Å². The van der Waals surface area contributed by atoms with Gasteiger partial charge in [0.15, 0.2) is 16.6 Å². The number of para-hydroxylation sites is 1. The first-order valence-corrected chi connectivity index (χ1v) is 11.7. The van der Waals surface area contributed by atoms with Crippen LogP contribution in [-0.2, 0) is 0 Å². The second kappa shape index (κ2) is 11.4. The van der Waals surface area contributed by atoms with Gasteiger partial charge in [0.2, 0.25) is 0 Å². The molecule has 4 rings (SSSR count). The number of hydrogen-bond acceptors (Lipinski definition) is 6. The van der Waals surface area contributed by atoms with E-state index in [4.69, 9.17) is 14.2 Å². The van der Waals surface area contributed by atoms with E-state index in [1.807, 2.05) is 37.3 Å². The summed E-state index contributed by atoms with van der Waals surface area (Å²) in [6.45, 7) is 2.85. The second-order valence-corrected chi connectivity index (χ2v) is 8.08. The molecule has 35 heavy (non-hydrogen) atoms. The number of rotatable bonds is 10. The average Bonchev–Trinajstić information content (AvgIpc) is 3.33. The molecule has 0 atom stereocenters. The molecule has 3 aromatic carbocycles. The summed E-state index contributed by atoms with van der Waals surface area (Å²) in [4.78, 5) is 17.0. The number of ether oxygens (including phenoxy) is 3. The summed E-state index contributed by atoms with van der Waals surface area (Å²) in [7, 11) is 0. The van der Waals surface area contributed by atoms with Gasteiger partial charge in [-0.2, -0.15) is 0 Å². The van der Waals surface area contributed by atoms with Crippen molar-refractivity contribution >= 4 is 22.4 Å². The molecule has 1 N–H and O–H groups in total. The molecule has 1 aromatic heterocycles. The molecule has 4 aromatic rings. The molecule has 0 radical (unpaired) electrons. The van der Waals surface area contributed by atoms with Crippen molar-refractivity contribution < 1.29 is 27.8 Å². The van der Waals surface area contributed by atoms with Gasteiger partial charge in [-0.1, -0.05) is 18.2 Å². The van der Waals surface area contributed by atoms with Gasteiger partial charge in [-0.25, -0.2) is 13.8 Å². The molecule has 6 nitrogen and oxygen atoms in total. The third-order valence-electron chi connectivity index (χ3n) is 4.79. The van der Waals surface area contributed by atoms with Crippen molar-refractivity contribution in [2.24, 2.45) is 0 Å². The summed E-state index contributed by atoms with van der Waals surface area (Å²) in [5.74, 6) is 0.0573. The summed E-state index contributed by atoms with van der Waals surface area (Å²) in [5, 5.41) is 4.48. The van der Waals surface area contributed by atoms with Gasteiger partial charge >= 0.3 is 0 Å². The highest BCUT2D eigenvalue weighted by Gasteiger charge is 2.15. The number of hydrogen-bond donors (Lipinski definition) is 1. The molecule has 0 aliphatic carbocycles. The molecule has 0 aliphatic heterocycles. The van der Waals surface area contributed by atoms with E-state index in [9.17, 15) is 13.6 Å². The third-order valence-corrected chi connectivity index (χ3v) is 5.55. The summed E-state index contributed by atoms with van der Waals surface area (Å²) >= 11 is 1.11. The van der Waals surface area contributed by atoms with Crippen LogP contribution in [0.4, 0.5) is 13.9 Å². The molecule has 0 saturated carbocycles. The first-order chi connectivity index (χ1) is 17.0. The van der Waals surface area contributed by atoms with E-state index in [0.29, 0.717) is 36.9 Å². The lowest BCUT2D eigenvalue weighted by Gasteiger charge is -2.13. The second-order valence-electron chi connectivity index (χ2n) is 7.22. The SMILES string of the molecule is CCOc1cc(C(=O)Nc2nc(-c3cc(F)ccc3F)cs2)ccc1OCCOc1ccccc1. The molecule has 0 unspecified atom stereocenters. The van der Waals surface area contributed by atoms with Crippen LogP contribution >= 0.6 is 11.3 Å². The standard InChI is InChI=1S/C26H22F2N2O4S/c1-2-32-24-14-17(8-11-23(24)34-13-12-33-19-6-4-3-5-7-19)25(31)30-26-29-22(16-35-26)20-15-18(27)9-10-21(20)28/h3-11,14-16H,2,12-13H2,1H3,(H,29,30,31). The first-order valence-electron chi connectivity index (χ1n) is 10.8. The number of anilines is 1. The minimum Gasteiger partial charge on any atom is -0.490 e. The summed E-state index contributed by atoms with van der Waals surface area (Å²) < 4.78 is 44.6. The Morgan fingerprint density at radius 1 is 0.943 bits per heavy atom. The maximum atomic E-state index is 14.0. The quantitative estimate of drug-likeness (QED) is 0.265. The lowest BCUT2D eigenvalue weighted by molar-refractivity contribution is 0.102. The Morgan fingerprint density at radius 2 is 1.74 bits per heavy atom. The van der Waals surface area contributed by atoms with Gasteiger partial charge in [0.25, 0.3) is 5.91 Å². The van der Waals surface area contributed by atoms with Crippen LogP contribution in [0.25, 0.3) is 11.3 Å². The summed E-state index contributed by atoms with van der Waals surface area (Å²) in [6, 6.07) is 17.4. The van der Waals surface area contributed by atoms with Crippen LogP contribution in [0.1, 0.15) is 17.3 Å². The fraction of sp³-hybridized carbons (Fsp3) is 0.154. The fourth-order valence-electron chi connectivity index (χ4n) is 3.18. The Hall–Kier alpha value is -3.98. The summed E-state index contributed by atoms with van der Waals surface area (Å²) in [5.41, 5.74) is 0.590. The van der Waals surface area contributed by atoms with Gasteiger partial charge in [0.1, 0.15) is 30.6 Å². The topological polar surface area (TPSA) is 69.7 Å². The van der Waals surface area contributed by atoms with Gasteiger partial charge in [-0.15, -0.1) is 11.3 Å². The van der Waals surface area contributed by atoms with Crippen LogP contribution < -0.4 is 19.5 Å². The van der Waals surface area contributed by atoms with Crippen LogP contribution in [0.2, 0.25) is 0 Å². The zero-order valence-corrected chi connectivity index (χ0v) is 19.6. The molecule has 9 heteroatoms. The highest BCUT2D eigenvalue weighted by molar-refractivity contribution is 7.14. The minimum absolute atomic E-state index is 0.0260. The third kappa shape index (κ3) is 6.33. The number of benzene rings is 3. The zero-order valence-electron chi connectivity index (χ0n) is 18.8. The van der Waals surface area contributed by atoms with E-state index in [0.717, 1.165) is 35.3 Å². The minimum atomic E-state index is -0.597. The highest BCUT2D eigenvalue weighted by Crippen LogP contribution is 2.30. The van der Waals surface area contributed by atoms with E-state index in [-0.39, 0.29) is 16.4 Å². The van der Waals surface area contributed by atoms with Gasteiger partial charge in [-0.3, -0.25) is 10.1 Å². The molecular weight excluding hydrogens is 474 g/mol. The van der Waals surface area contributed by atoms with E-state index in [1.165, 1.54) is 0 Å². The van der Waals surface area contributed by atoms with Gasteiger partial charge < -0.3 is 14.2 Å². The van der Waals surface area contributed by atoms with Crippen LogP contribution in [-0.4, -0.2) is 30.7 Å². The van der Waals surface area contributed by atoms with Crippen molar-refractivity contribution in [2.45, 2.75) is 6.92 Å². The van der Waals surface area contributed by atoms with E-state index >= 15 is 0 Å². The Labute approximate surface area is 205 Å². The van der Waals surface area contributed by atoms with Crippen LogP contribution in [0.15, 0.2) is 72.1 Å². The maximum Gasteiger partial charge on any atom is 0.257 e. The molecule has 1 heterocycles. The van der Waals surface area contributed by atoms with Crippen LogP contribution in [0, 0.1) is 11.6 Å². The molecule has 0 spiro atoms. The Balaban J connectivity index is 1.40. The van der Waals surface area contributed by atoms with Crippen LogP contribution in [0.5, 0.6) is 17.2 Å². The molecule has 1 amide bonds. The van der Waals surface area contributed by atoms with E-state index in [2.05, 4.69) is 10.3 Å². The molecule has 0 bridgehead atoms. The molecule has 0 saturated heterocycles. The maximum absolute atomic E-state index is 14.0. The van der Waals surface area contributed by atoms with Crippen molar-refractivity contribution in [3.05, 3.63) is 89.3 Å². The average molecular weight is 497 g/mol. The van der Waals surface area contributed by atoms with E-state index < -0.39 is 17.5 Å². The van der Waals surface area contributed by atoms with Gasteiger partial charge in [0.05, 0.1) is 12.3 Å². The lowest BCUT2D eigenvalue weighted by Crippen LogP contribution is -2.13. The molecule has 180 valence electrons. The van der Waals surface area contributed by atoms with Crippen molar-refractivity contribution in [1.82, 2.24) is 4.98 Å². The van der Waals surface area contributed by atoms with Crippen molar-refractivity contribution in [1.29, 1.82) is 0 Å². The number of aromatic nitrogens is 1.